The lowest BCUT2D eigenvalue weighted by Gasteiger charge is -2.52. The molecule has 0 aromatic rings. The molecule has 188 valence electrons. The van der Waals surface area contributed by atoms with Crippen LogP contribution in [0.2, 0.25) is 0 Å². The van der Waals surface area contributed by atoms with Crippen LogP contribution in [0.4, 0.5) is 0 Å². The summed E-state index contributed by atoms with van der Waals surface area (Å²) in [7, 11) is 0. The van der Waals surface area contributed by atoms with Crippen LogP contribution in [0.3, 0.4) is 0 Å². The molecule has 0 radical (unpaired) electrons. The Labute approximate surface area is 205 Å². The van der Waals surface area contributed by atoms with Gasteiger partial charge in [0.15, 0.2) is 0 Å². The monoisotopic (exact) mass is 468 g/mol. The quantitative estimate of drug-likeness (QED) is 0.272. The Balaban J connectivity index is 1.85. The molecular formula is C30H44O4. The third kappa shape index (κ3) is 4.70. The smallest absolute Gasteiger partial charge is 0.330 e. The fourth-order valence-corrected chi connectivity index (χ4v) is 7.70. The summed E-state index contributed by atoms with van der Waals surface area (Å²) in [5.41, 5.74) is 4.38. The zero-order chi connectivity index (χ0) is 25.4. The standard InChI is InChI=1S/C30H44O4/c1-18(2)23-11-12-24-26(29(23,6)16-14-27(31)32)17-25-21(5)22(13-15-30(24,25)7)19(3)9-8-10-20(4)28(33)34/h10,17,19,22-25H,1,5,8-9,11-16H2,2-4,6-7H3,(H,31,32)(H,33,34)/b20-10-/t19-,22-,23+,24-,25+,29+,30+/m1/s1. The van der Waals surface area contributed by atoms with Crippen LogP contribution in [0.15, 0.2) is 47.6 Å². The lowest BCUT2D eigenvalue weighted by molar-refractivity contribution is -0.138. The maximum Gasteiger partial charge on any atom is 0.330 e. The normalized spacial score (nSPS) is 36.3. The molecule has 0 amide bonds. The minimum Gasteiger partial charge on any atom is -0.481 e. The molecule has 0 aromatic carbocycles. The van der Waals surface area contributed by atoms with Gasteiger partial charge in [0.2, 0.25) is 0 Å². The van der Waals surface area contributed by atoms with Crippen LogP contribution >= 0.6 is 0 Å². The molecule has 4 heteroatoms. The van der Waals surface area contributed by atoms with Crippen LogP contribution in [0, 0.1) is 40.4 Å². The van der Waals surface area contributed by atoms with E-state index in [1.165, 1.54) is 16.7 Å². The molecular weight excluding hydrogens is 424 g/mol. The highest BCUT2D eigenvalue weighted by molar-refractivity contribution is 5.85. The summed E-state index contributed by atoms with van der Waals surface area (Å²) in [6.45, 7) is 19.7. The Bertz CT molecular complexity index is 924. The maximum atomic E-state index is 11.5. The van der Waals surface area contributed by atoms with Crippen LogP contribution < -0.4 is 0 Å². The van der Waals surface area contributed by atoms with Crippen molar-refractivity contribution in [3.05, 3.63) is 47.6 Å². The number of hydrogen-bond acceptors (Lipinski definition) is 2. The number of allylic oxidation sites excluding steroid dienone is 5. The Hall–Kier alpha value is -2.10. The third-order valence-corrected chi connectivity index (χ3v) is 9.82. The molecule has 3 aliphatic carbocycles. The van der Waals surface area contributed by atoms with Gasteiger partial charge in [-0.05, 0) is 93.3 Å². The average Bonchev–Trinajstić information content (AvgIpc) is 3.07. The van der Waals surface area contributed by atoms with Crippen molar-refractivity contribution in [1.82, 2.24) is 0 Å². The number of carboxylic acids is 2. The Morgan fingerprint density at radius 2 is 1.88 bits per heavy atom. The Morgan fingerprint density at radius 3 is 2.47 bits per heavy atom. The molecule has 7 atom stereocenters. The molecule has 0 aliphatic heterocycles. The summed E-state index contributed by atoms with van der Waals surface area (Å²) < 4.78 is 0. The minimum atomic E-state index is -0.843. The van der Waals surface area contributed by atoms with Crippen molar-refractivity contribution >= 4 is 11.9 Å². The van der Waals surface area contributed by atoms with Crippen molar-refractivity contribution in [2.45, 2.75) is 86.0 Å². The molecule has 0 saturated heterocycles. The van der Waals surface area contributed by atoms with E-state index in [-0.39, 0.29) is 17.3 Å². The summed E-state index contributed by atoms with van der Waals surface area (Å²) in [5.74, 6) is 0.471. The van der Waals surface area contributed by atoms with E-state index in [1.807, 2.05) is 6.08 Å². The molecule has 34 heavy (non-hydrogen) atoms. The van der Waals surface area contributed by atoms with E-state index in [0.29, 0.717) is 41.6 Å². The second-order valence-corrected chi connectivity index (χ2v) is 11.9. The van der Waals surface area contributed by atoms with Crippen molar-refractivity contribution in [3.63, 3.8) is 0 Å². The first-order valence-corrected chi connectivity index (χ1v) is 13.0. The van der Waals surface area contributed by atoms with Crippen LogP contribution in [0.5, 0.6) is 0 Å². The van der Waals surface area contributed by atoms with Crippen molar-refractivity contribution in [1.29, 1.82) is 0 Å². The van der Waals surface area contributed by atoms with Gasteiger partial charge < -0.3 is 10.2 Å². The number of aliphatic carboxylic acids is 2. The maximum absolute atomic E-state index is 11.5. The van der Waals surface area contributed by atoms with E-state index in [4.69, 9.17) is 5.11 Å². The van der Waals surface area contributed by atoms with Crippen LogP contribution in [-0.2, 0) is 9.59 Å². The lowest BCUT2D eigenvalue weighted by Crippen LogP contribution is -2.44. The number of fused-ring (bicyclic) bond motifs is 3. The molecule has 0 bridgehead atoms. The van der Waals surface area contributed by atoms with E-state index >= 15 is 0 Å². The molecule has 0 aromatic heterocycles. The summed E-state index contributed by atoms with van der Waals surface area (Å²) >= 11 is 0. The zero-order valence-electron chi connectivity index (χ0n) is 21.8. The Morgan fingerprint density at radius 1 is 1.21 bits per heavy atom. The first kappa shape index (κ1) is 26.5. The lowest BCUT2D eigenvalue weighted by atomic mass is 9.52. The van der Waals surface area contributed by atoms with E-state index in [9.17, 15) is 14.7 Å². The molecule has 3 aliphatic rings. The van der Waals surface area contributed by atoms with Crippen LogP contribution in [-0.4, -0.2) is 22.2 Å². The average molecular weight is 469 g/mol. The van der Waals surface area contributed by atoms with E-state index < -0.39 is 11.9 Å². The first-order valence-electron chi connectivity index (χ1n) is 13.0. The van der Waals surface area contributed by atoms with Crippen LogP contribution in [0.1, 0.15) is 86.0 Å². The topological polar surface area (TPSA) is 74.6 Å². The van der Waals surface area contributed by atoms with Gasteiger partial charge in [-0.15, -0.1) is 0 Å². The van der Waals surface area contributed by atoms with Gasteiger partial charge in [0.05, 0.1) is 0 Å². The van der Waals surface area contributed by atoms with Gasteiger partial charge in [-0.2, -0.15) is 0 Å². The summed E-state index contributed by atoms with van der Waals surface area (Å²) in [6, 6.07) is 0. The second-order valence-electron chi connectivity index (χ2n) is 11.9. The zero-order valence-corrected chi connectivity index (χ0v) is 21.8. The molecule has 0 heterocycles. The molecule has 2 N–H and O–H groups in total. The molecule has 0 unspecified atom stereocenters. The molecule has 3 rings (SSSR count). The van der Waals surface area contributed by atoms with Gasteiger partial charge >= 0.3 is 11.9 Å². The van der Waals surface area contributed by atoms with Crippen molar-refractivity contribution < 1.29 is 19.8 Å². The van der Waals surface area contributed by atoms with Gasteiger partial charge in [-0.25, -0.2) is 4.79 Å². The predicted octanol–water partition coefficient (Wildman–Crippen LogP) is 7.44. The SMILES string of the molecule is C=C1[C@@H]([C@H](C)CC/C=C(/C)C(=O)O)CC[C@@]2(C)[C@@H]3CC[C@@H](C(=C)C)[C@](C)(CCC(=O)O)C3=C[C@@H]12. The molecule has 2 saturated carbocycles. The predicted molar refractivity (Wildman–Crippen MR) is 137 cm³/mol. The van der Waals surface area contributed by atoms with E-state index in [1.54, 1.807) is 6.92 Å². The second kappa shape index (κ2) is 9.87. The number of hydrogen-bond donors (Lipinski definition) is 2. The largest absolute Gasteiger partial charge is 0.481 e. The fourth-order valence-electron chi connectivity index (χ4n) is 7.70. The van der Waals surface area contributed by atoms with E-state index in [0.717, 1.165) is 38.5 Å². The highest BCUT2D eigenvalue weighted by Crippen LogP contribution is 2.67. The van der Waals surface area contributed by atoms with Crippen LogP contribution in [0.25, 0.3) is 0 Å². The van der Waals surface area contributed by atoms with Gasteiger partial charge in [0.25, 0.3) is 0 Å². The molecule has 2 fully saturated rings. The third-order valence-electron chi connectivity index (χ3n) is 9.82. The number of carboxylic acid groups (broad SMARTS) is 2. The minimum absolute atomic E-state index is 0.159. The van der Waals surface area contributed by atoms with Gasteiger partial charge in [0, 0.05) is 17.9 Å². The Kier molecular flexibility index (Phi) is 7.70. The van der Waals surface area contributed by atoms with Crippen molar-refractivity contribution in [2.75, 3.05) is 0 Å². The number of rotatable bonds is 9. The van der Waals surface area contributed by atoms with Crippen molar-refractivity contribution in [3.8, 4) is 0 Å². The first-order chi connectivity index (χ1) is 15.8. The number of carbonyl (C=O) groups is 2. The molecule has 0 spiro atoms. The summed E-state index contributed by atoms with van der Waals surface area (Å²) in [6.07, 6.45) is 11.4. The fraction of sp³-hybridized carbons (Fsp3) is 0.667. The molecule has 4 nitrogen and oxygen atoms in total. The van der Waals surface area contributed by atoms with Crippen molar-refractivity contribution in [2.24, 2.45) is 40.4 Å². The van der Waals surface area contributed by atoms with E-state index in [2.05, 4.69) is 46.9 Å². The van der Waals surface area contributed by atoms with Gasteiger partial charge in [-0.3, -0.25) is 4.79 Å². The van der Waals surface area contributed by atoms with Gasteiger partial charge in [-0.1, -0.05) is 62.8 Å². The highest BCUT2D eigenvalue weighted by Gasteiger charge is 2.58. The van der Waals surface area contributed by atoms with Gasteiger partial charge in [0.1, 0.15) is 0 Å². The summed E-state index contributed by atoms with van der Waals surface area (Å²) in [4.78, 5) is 22.6. The highest BCUT2D eigenvalue weighted by atomic mass is 16.4. The summed E-state index contributed by atoms with van der Waals surface area (Å²) in [5, 5.41) is 18.6.